The highest BCUT2D eigenvalue weighted by atomic mass is 16.2. The summed E-state index contributed by atoms with van der Waals surface area (Å²) in [6.45, 7) is 6.43. The average molecular weight is 358 g/mol. The molecule has 2 amide bonds. The summed E-state index contributed by atoms with van der Waals surface area (Å²) in [5.41, 5.74) is 2.35. The molecule has 2 N–H and O–H groups in total. The lowest BCUT2D eigenvalue weighted by Gasteiger charge is -2.49. The van der Waals surface area contributed by atoms with E-state index in [0.29, 0.717) is 19.5 Å². The van der Waals surface area contributed by atoms with Gasteiger partial charge in [-0.3, -0.25) is 19.4 Å². The Hall–Kier alpha value is -1.92. The first-order chi connectivity index (χ1) is 12.5. The molecule has 2 aliphatic rings. The molecule has 2 fully saturated rings. The molecular weight excluding hydrogens is 328 g/mol. The highest BCUT2D eigenvalue weighted by Gasteiger charge is 2.41. The summed E-state index contributed by atoms with van der Waals surface area (Å²) in [6, 6.07) is 8.12. The fourth-order valence-electron chi connectivity index (χ4n) is 4.07. The van der Waals surface area contributed by atoms with Gasteiger partial charge in [-0.25, -0.2) is 0 Å². The van der Waals surface area contributed by atoms with Gasteiger partial charge in [-0.05, 0) is 37.9 Å². The molecular formula is C20H30N4O2. The van der Waals surface area contributed by atoms with Crippen molar-refractivity contribution in [2.75, 3.05) is 39.8 Å². The molecule has 1 spiro atoms. The highest BCUT2D eigenvalue weighted by Crippen LogP contribution is 2.30. The normalized spacial score (nSPS) is 24.9. The molecule has 0 aromatic heterocycles. The minimum absolute atomic E-state index is 0.00624. The summed E-state index contributed by atoms with van der Waals surface area (Å²) in [4.78, 5) is 28.8. The van der Waals surface area contributed by atoms with E-state index in [-0.39, 0.29) is 17.4 Å². The topological polar surface area (TPSA) is 64.7 Å². The lowest BCUT2D eigenvalue weighted by Crippen LogP contribution is -2.62. The third-order valence-electron chi connectivity index (χ3n) is 5.91. The molecule has 0 bridgehead atoms. The van der Waals surface area contributed by atoms with Crippen molar-refractivity contribution in [1.82, 2.24) is 20.4 Å². The Labute approximate surface area is 155 Å². The molecule has 2 saturated heterocycles. The van der Waals surface area contributed by atoms with Gasteiger partial charge in [0.25, 0.3) is 0 Å². The number of hydrogen-bond acceptors (Lipinski definition) is 4. The monoisotopic (exact) mass is 358 g/mol. The highest BCUT2D eigenvalue weighted by molar-refractivity contribution is 5.78. The van der Waals surface area contributed by atoms with Gasteiger partial charge in [0.15, 0.2) is 0 Å². The third kappa shape index (κ3) is 4.43. The molecule has 2 heterocycles. The number of nitrogens with one attached hydrogen (secondary N) is 2. The maximum absolute atomic E-state index is 12.4. The molecule has 0 aliphatic carbocycles. The smallest absolute Gasteiger partial charge is 0.234 e. The Morgan fingerprint density at radius 3 is 2.88 bits per heavy atom. The number of rotatable bonds is 4. The Morgan fingerprint density at radius 2 is 2.08 bits per heavy atom. The van der Waals surface area contributed by atoms with Crippen LogP contribution in [-0.4, -0.2) is 66.9 Å². The van der Waals surface area contributed by atoms with Crippen LogP contribution in [0.3, 0.4) is 0 Å². The molecule has 6 nitrogen and oxygen atoms in total. The predicted octanol–water partition coefficient (Wildman–Crippen LogP) is 0.898. The lowest BCUT2D eigenvalue weighted by molar-refractivity contribution is -0.124. The van der Waals surface area contributed by atoms with Crippen molar-refractivity contribution in [3.05, 3.63) is 35.4 Å². The fourth-order valence-corrected chi connectivity index (χ4v) is 4.07. The molecule has 142 valence electrons. The first-order valence-corrected chi connectivity index (χ1v) is 9.50. The zero-order valence-electron chi connectivity index (χ0n) is 15.9. The second-order valence-electron chi connectivity index (χ2n) is 7.66. The second-order valence-corrected chi connectivity index (χ2v) is 7.66. The van der Waals surface area contributed by atoms with E-state index in [2.05, 4.69) is 46.5 Å². The van der Waals surface area contributed by atoms with Crippen LogP contribution in [0.4, 0.5) is 0 Å². The van der Waals surface area contributed by atoms with E-state index in [1.807, 2.05) is 12.1 Å². The fraction of sp³-hybridized carbons (Fsp3) is 0.600. The Morgan fingerprint density at radius 1 is 1.27 bits per heavy atom. The van der Waals surface area contributed by atoms with Gasteiger partial charge in [-0.2, -0.15) is 0 Å². The Bertz CT molecular complexity index is 663. The van der Waals surface area contributed by atoms with Crippen molar-refractivity contribution in [3.8, 4) is 0 Å². The van der Waals surface area contributed by atoms with Crippen molar-refractivity contribution in [2.24, 2.45) is 0 Å². The van der Waals surface area contributed by atoms with Crippen molar-refractivity contribution >= 4 is 11.8 Å². The summed E-state index contributed by atoms with van der Waals surface area (Å²) in [5, 5.41) is 6.02. The summed E-state index contributed by atoms with van der Waals surface area (Å²) >= 11 is 0. The number of nitrogens with zero attached hydrogens (tertiary/aromatic N) is 2. The molecule has 2 aliphatic heterocycles. The average Bonchev–Trinajstić information content (AvgIpc) is 2.80. The van der Waals surface area contributed by atoms with Gasteiger partial charge in [-0.1, -0.05) is 24.3 Å². The van der Waals surface area contributed by atoms with Crippen molar-refractivity contribution < 1.29 is 9.59 Å². The summed E-state index contributed by atoms with van der Waals surface area (Å²) in [6.07, 6.45) is 2.37. The standard InChI is InChI=1S/C20H30N4O2/c1-16-5-3-4-6-17(16)13-22-19(26)14-24-12-11-23(2)20(15-24)8-7-18(25)21-10-9-20/h3-6H,7-15H2,1-2H3,(H,21,25)(H,22,26)/t20-/m0/s1. The first-order valence-electron chi connectivity index (χ1n) is 9.50. The van der Waals surface area contributed by atoms with Gasteiger partial charge >= 0.3 is 0 Å². The van der Waals surface area contributed by atoms with Crippen molar-refractivity contribution in [2.45, 2.75) is 38.3 Å². The van der Waals surface area contributed by atoms with Crippen LogP contribution in [0.1, 0.15) is 30.4 Å². The zero-order chi connectivity index (χ0) is 18.6. The maximum atomic E-state index is 12.4. The quantitative estimate of drug-likeness (QED) is 0.839. The molecule has 0 radical (unpaired) electrons. The zero-order valence-corrected chi connectivity index (χ0v) is 15.9. The minimum atomic E-state index is -0.00624. The van der Waals surface area contributed by atoms with E-state index in [1.54, 1.807) is 0 Å². The lowest BCUT2D eigenvalue weighted by atomic mass is 9.86. The predicted molar refractivity (Wildman–Crippen MR) is 102 cm³/mol. The molecule has 1 aromatic carbocycles. The molecule has 1 aromatic rings. The van der Waals surface area contributed by atoms with Gasteiger partial charge < -0.3 is 10.6 Å². The van der Waals surface area contributed by atoms with Crippen LogP contribution in [0.5, 0.6) is 0 Å². The van der Waals surface area contributed by atoms with Crippen molar-refractivity contribution in [1.29, 1.82) is 0 Å². The van der Waals surface area contributed by atoms with Crippen LogP contribution in [-0.2, 0) is 16.1 Å². The molecule has 26 heavy (non-hydrogen) atoms. The van der Waals surface area contributed by atoms with Gasteiger partial charge in [-0.15, -0.1) is 0 Å². The Kier molecular flexibility index (Phi) is 5.94. The largest absolute Gasteiger partial charge is 0.356 e. The number of likely N-dealkylation sites (N-methyl/N-ethyl adjacent to an activating group) is 1. The van der Waals surface area contributed by atoms with Crippen LogP contribution < -0.4 is 10.6 Å². The van der Waals surface area contributed by atoms with E-state index >= 15 is 0 Å². The summed E-state index contributed by atoms with van der Waals surface area (Å²) in [5.74, 6) is 0.208. The van der Waals surface area contributed by atoms with E-state index in [9.17, 15) is 9.59 Å². The molecule has 3 rings (SSSR count). The number of aryl methyl sites for hydroxylation is 1. The minimum Gasteiger partial charge on any atom is -0.356 e. The van der Waals surface area contributed by atoms with Crippen LogP contribution in [0.15, 0.2) is 24.3 Å². The Balaban J connectivity index is 1.55. The van der Waals surface area contributed by atoms with E-state index in [0.717, 1.165) is 44.6 Å². The molecule has 1 atom stereocenters. The SMILES string of the molecule is Cc1ccccc1CNC(=O)CN1CCN(C)[C@@]2(CCNC(=O)CC2)C1. The summed E-state index contributed by atoms with van der Waals surface area (Å²) in [7, 11) is 2.14. The molecule has 0 unspecified atom stereocenters. The number of piperazine rings is 1. The first kappa shape index (κ1) is 18.9. The summed E-state index contributed by atoms with van der Waals surface area (Å²) < 4.78 is 0. The van der Waals surface area contributed by atoms with Crippen molar-refractivity contribution in [3.63, 3.8) is 0 Å². The number of amides is 2. The van der Waals surface area contributed by atoms with Crippen LogP contribution >= 0.6 is 0 Å². The van der Waals surface area contributed by atoms with E-state index in [4.69, 9.17) is 0 Å². The van der Waals surface area contributed by atoms with Gasteiger partial charge in [0, 0.05) is 44.7 Å². The number of carbonyl (C=O) groups is 2. The van der Waals surface area contributed by atoms with E-state index in [1.165, 1.54) is 5.56 Å². The van der Waals surface area contributed by atoms with Crippen LogP contribution in [0.25, 0.3) is 0 Å². The van der Waals surface area contributed by atoms with Crippen LogP contribution in [0.2, 0.25) is 0 Å². The molecule has 0 saturated carbocycles. The van der Waals surface area contributed by atoms with Crippen LogP contribution in [0, 0.1) is 6.92 Å². The van der Waals surface area contributed by atoms with Gasteiger partial charge in [0.05, 0.1) is 6.54 Å². The molecule has 6 heteroatoms. The maximum Gasteiger partial charge on any atom is 0.234 e. The number of carbonyl (C=O) groups excluding carboxylic acids is 2. The van der Waals surface area contributed by atoms with Gasteiger partial charge in [0.1, 0.15) is 0 Å². The second kappa shape index (κ2) is 8.18. The van der Waals surface area contributed by atoms with Gasteiger partial charge in [0.2, 0.25) is 11.8 Å². The number of hydrogen-bond donors (Lipinski definition) is 2. The number of benzene rings is 1. The third-order valence-corrected chi connectivity index (χ3v) is 5.91. The van der Waals surface area contributed by atoms with E-state index < -0.39 is 0 Å².